The van der Waals surface area contributed by atoms with Gasteiger partial charge in [0.25, 0.3) is 0 Å². The summed E-state index contributed by atoms with van der Waals surface area (Å²) in [5.41, 5.74) is 0. The minimum absolute atomic E-state index is 0.0811. The van der Waals surface area contributed by atoms with Crippen molar-refractivity contribution in [1.29, 1.82) is 0 Å². The Morgan fingerprint density at radius 1 is 1.06 bits per heavy atom. The lowest BCUT2D eigenvalue weighted by Crippen LogP contribution is -2.45. The maximum absolute atomic E-state index is 11.3. The van der Waals surface area contributed by atoms with E-state index in [1.807, 2.05) is 13.8 Å². The molecule has 0 aromatic rings. The van der Waals surface area contributed by atoms with Crippen LogP contribution >= 0.6 is 0 Å². The van der Waals surface area contributed by atoms with Gasteiger partial charge in [0, 0.05) is 31.2 Å². The normalized spacial score (nSPS) is 11.6. The first kappa shape index (κ1) is 15.2. The molecule has 16 heavy (non-hydrogen) atoms. The van der Waals surface area contributed by atoms with E-state index in [4.69, 9.17) is 0 Å². The van der Waals surface area contributed by atoms with E-state index in [1.54, 1.807) is 0 Å². The molecule has 4 nitrogen and oxygen atoms in total. The molecule has 0 aliphatic heterocycles. The summed E-state index contributed by atoms with van der Waals surface area (Å²) >= 11 is 0. The largest absolute Gasteiger partial charge is 0.337 e. The topological polar surface area (TPSA) is 44.4 Å². The van der Waals surface area contributed by atoms with Crippen molar-refractivity contribution in [1.82, 2.24) is 15.5 Å². The van der Waals surface area contributed by atoms with E-state index in [-0.39, 0.29) is 12.1 Å². The molecule has 0 rings (SSSR count). The van der Waals surface area contributed by atoms with Crippen LogP contribution in [0.15, 0.2) is 0 Å². The lowest BCUT2D eigenvalue weighted by Gasteiger charge is -2.30. The first-order chi connectivity index (χ1) is 7.34. The molecule has 0 heterocycles. The Morgan fingerprint density at radius 2 is 1.56 bits per heavy atom. The summed E-state index contributed by atoms with van der Waals surface area (Å²) in [5.74, 6) is 0. The van der Waals surface area contributed by atoms with Crippen LogP contribution in [0.2, 0.25) is 0 Å². The van der Waals surface area contributed by atoms with Crippen LogP contribution in [0.3, 0.4) is 0 Å². The fraction of sp³-hybridized carbons (Fsp3) is 0.917. The molecule has 0 atom stereocenters. The van der Waals surface area contributed by atoms with Gasteiger partial charge in [0.05, 0.1) is 0 Å². The SMILES string of the molecule is CC(C)NC(=O)NCCN(C(C)C)C(C)C. The first-order valence-electron chi connectivity index (χ1n) is 6.14. The number of hydrogen-bond donors (Lipinski definition) is 2. The number of carbonyl (C=O) groups excluding carboxylic acids is 1. The average Bonchev–Trinajstić information content (AvgIpc) is 2.09. The summed E-state index contributed by atoms with van der Waals surface area (Å²) in [6.45, 7) is 14.2. The summed E-state index contributed by atoms with van der Waals surface area (Å²) in [5, 5.41) is 5.67. The van der Waals surface area contributed by atoms with Crippen LogP contribution in [0, 0.1) is 0 Å². The van der Waals surface area contributed by atoms with Crippen LogP contribution in [0.1, 0.15) is 41.5 Å². The predicted molar refractivity (Wildman–Crippen MR) is 68.6 cm³/mol. The van der Waals surface area contributed by atoms with Gasteiger partial charge >= 0.3 is 6.03 Å². The number of amides is 2. The van der Waals surface area contributed by atoms with Crippen LogP contribution in [0.25, 0.3) is 0 Å². The second kappa shape index (κ2) is 7.49. The lowest BCUT2D eigenvalue weighted by atomic mass is 10.2. The molecule has 0 saturated carbocycles. The molecule has 0 fully saturated rings. The summed E-state index contributed by atoms with van der Waals surface area (Å²) in [4.78, 5) is 13.7. The van der Waals surface area contributed by atoms with Crippen molar-refractivity contribution >= 4 is 6.03 Å². The second-order valence-corrected chi connectivity index (χ2v) is 4.98. The number of nitrogens with one attached hydrogen (secondary N) is 2. The van der Waals surface area contributed by atoms with E-state index in [0.29, 0.717) is 18.6 Å². The molecule has 2 amide bonds. The third kappa shape index (κ3) is 6.67. The van der Waals surface area contributed by atoms with Crippen molar-refractivity contribution in [2.24, 2.45) is 0 Å². The van der Waals surface area contributed by atoms with Crippen molar-refractivity contribution in [3.63, 3.8) is 0 Å². The van der Waals surface area contributed by atoms with Gasteiger partial charge < -0.3 is 10.6 Å². The third-order valence-corrected chi connectivity index (χ3v) is 2.40. The zero-order valence-corrected chi connectivity index (χ0v) is 11.5. The van der Waals surface area contributed by atoms with Crippen LogP contribution in [0.4, 0.5) is 4.79 Å². The molecule has 0 saturated heterocycles. The standard InChI is InChI=1S/C12H27N3O/c1-9(2)14-12(16)13-7-8-15(10(3)4)11(5)6/h9-11H,7-8H2,1-6H3,(H2,13,14,16). The number of carbonyl (C=O) groups is 1. The summed E-state index contributed by atoms with van der Waals surface area (Å²) in [7, 11) is 0. The van der Waals surface area contributed by atoms with E-state index in [0.717, 1.165) is 6.54 Å². The smallest absolute Gasteiger partial charge is 0.315 e. The quantitative estimate of drug-likeness (QED) is 0.729. The molecular formula is C12H27N3O. The fourth-order valence-corrected chi connectivity index (χ4v) is 1.72. The van der Waals surface area contributed by atoms with E-state index in [9.17, 15) is 4.79 Å². The van der Waals surface area contributed by atoms with Gasteiger partial charge in [0.15, 0.2) is 0 Å². The van der Waals surface area contributed by atoms with E-state index < -0.39 is 0 Å². The molecule has 0 aliphatic rings. The molecule has 0 aromatic carbocycles. The lowest BCUT2D eigenvalue weighted by molar-refractivity contribution is 0.175. The van der Waals surface area contributed by atoms with Gasteiger partial charge in [-0.2, -0.15) is 0 Å². The number of nitrogens with zero attached hydrogens (tertiary/aromatic N) is 1. The molecule has 0 aliphatic carbocycles. The highest BCUT2D eigenvalue weighted by atomic mass is 16.2. The Bertz CT molecular complexity index is 194. The van der Waals surface area contributed by atoms with Gasteiger partial charge in [-0.1, -0.05) is 0 Å². The van der Waals surface area contributed by atoms with E-state index in [2.05, 4.69) is 43.2 Å². The molecule has 0 spiro atoms. The Labute approximate surface area is 99.8 Å². The monoisotopic (exact) mass is 229 g/mol. The predicted octanol–water partition coefficient (Wildman–Crippen LogP) is 1.81. The van der Waals surface area contributed by atoms with Crippen molar-refractivity contribution in [3.05, 3.63) is 0 Å². The van der Waals surface area contributed by atoms with Crippen molar-refractivity contribution in [3.8, 4) is 0 Å². The highest BCUT2D eigenvalue weighted by molar-refractivity contribution is 5.74. The number of urea groups is 1. The number of rotatable bonds is 6. The third-order valence-electron chi connectivity index (χ3n) is 2.40. The first-order valence-corrected chi connectivity index (χ1v) is 6.14. The minimum atomic E-state index is -0.0811. The van der Waals surface area contributed by atoms with E-state index >= 15 is 0 Å². The maximum Gasteiger partial charge on any atom is 0.315 e. The number of hydrogen-bond acceptors (Lipinski definition) is 2. The van der Waals surface area contributed by atoms with Crippen LogP contribution < -0.4 is 10.6 Å². The van der Waals surface area contributed by atoms with Gasteiger partial charge in [-0.05, 0) is 41.5 Å². The summed E-state index contributed by atoms with van der Waals surface area (Å²) in [6, 6.07) is 1.12. The van der Waals surface area contributed by atoms with Crippen LogP contribution in [-0.4, -0.2) is 42.1 Å². The molecule has 2 N–H and O–H groups in total. The van der Waals surface area contributed by atoms with Gasteiger partial charge in [-0.3, -0.25) is 4.90 Å². The van der Waals surface area contributed by atoms with Crippen molar-refractivity contribution in [2.45, 2.75) is 59.7 Å². The molecule has 0 aromatic heterocycles. The Balaban J connectivity index is 3.82. The Hall–Kier alpha value is -0.770. The van der Waals surface area contributed by atoms with Crippen molar-refractivity contribution in [2.75, 3.05) is 13.1 Å². The molecule has 0 radical (unpaired) electrons. The van der Waals surface area contributed by atoms with Gasteiger partial charge in [-0.25, -0.2) is 4.79 Å². The fourth-order valence-electron chi connectivity index (χ4n) is 1.72. The molecule has 0 bridgehead atoms. The Kier molecular flexibility index (Phi) is 7.13. The minimum Gasteiger partial charge on any atom is -0.337 e. The van der Waals surface area contributed by atoms with Crippen LogP contribution in [-0.2, 0) is 0 Å². The molecule has 4 heteroatoms. The summed E-state index contributed by atoms with van der Waals surface area (Å²) in [6.07, 6.45) is 0. The van der Waals surface area contributed by atoms with Gasteiger partial charge in [0.1, 0.15) is 0 Å². The van der Waals surface area contributed by atoms with E-state index in [1.165, 1.54) is 0 Å². The zero-order valence-electron chi connectivity index (χ0n) is 11.5. The Morgan fingerprint density at radius 3 is 1.94 bits per heavy atom. The second-order valence-electron chi connectivity index (χ2n) is 4.98. The highest BCUT2D eigenvalue weighted by Crippen LogP contribution is 2.03. The molecule has 0 unspecified atom stereocenters. The maximum atomic E-state index is 11.3. The van der Waals surface area contributed by atoms with Gasteiger partial charge in [0.2, 0.25) is 0 Å². The molecular weight excluding hydrogens is 202 g/mol. The average molecular weight is 229 g/mol. The zero-order chi connectivity index (χ0) is 12.7. The summed E-state index contributed by atoms with van der Waals surface area (Å²) < 4.78 is 0. The molecule has 96 valence electrons. The van der Waals surface area contributed by atoms with Crippen molar-refractivity contribution < 1.29 is 4.79 Å². The van der Waals surface area contributed by atoms with Crippen LogP contribution in [0.5, 0.6) is 0 Å². The van der Waals surface area contributed by atoms with Gasteiger partial charge in [-0.15, -0.1) is 0 Å². The highest BCUT2D eigenvalue weighted by Gasteiger charge is 2.12.